The zero-order chi connectivity index (χ0) is 16.1. The molecule has 0 aliphatic rings. The molecule has 22 heavy (non-hydrogen) atoms. The van der Waals surface area contributed by atoms with Gasteiger partial charge in [-0.25, -0.2) is 9.59 Å². The Morgan fingerprint density at radius 2 is 1.68 bits per heavy atom. The highest BCUT2D eigenvalue weighted by Gasteiger charge is 2.15. The number of fused-ring (bicyclic) bond motifs is 1. The molecule has 2 N–H and O–H groups in total. The number of aliphatic carboxylic acids is 2. The minimum absolute atomic E-state index is 0.277. The van der Waals surface area contributed by atoms with E-state index in [9.17, 15) is 14.4 Å². The van der Waals surface area contributed by atoms with Crippen molar-refractivity contribution in [2.75, 3.05) is 0 Å². The number of carboxylic acids is 2. The molecule has 0 radical (unpaired) electrons. The fourth-order valence-electron chi connectivity index (χ4n) is 1.92. The number of carbonyl (C=O) groups excluding carboxylic acids is 1. The number of carboxylic acid groups (broad SMARTS) is 2. The van der Waals surface area contributed by atoms with Crippen molar-refractivity contribution in [3.05, 3.63) is 54.1 Å². The zero-order valence-corrected chi connectivity index (χ0v) is 11.4. The highest BCUT2D eigenvalue weighted by molar-refractivity contribution is 6.00. The second-order valence-electron chi connectivity index (χ2n) is 4.44. The van der Waals surface area contributed by atoms with E-state index in [-0.39, 0.29) is 5.75 Å². The summed E-state index contributed by atoms with van der Waals surface area (Å²) in [6, 6.07) is 12.3. The Labute approximate surface area is 125 Å². The van der Waals surface area contributed by atoms with Crippen LogP contribution in [0.5, 0.6) is 5.75 Å². The molecule has 0 unspecified atom stereocenters. The Kier molecular flexibility index (Phi) is 4.53. The molecule has 0 aliphatic carbocycles. The maximum Gasteiger partial charge on any atom is 0.336 e. The summed E-state index contributed by atoms with van der Waals surface area (Å²) in [5.74, 6) is -3.47. The van der Waals surface area contributed by atoms with E-state index in [1.54, 1.807) is 24.3 Å². The first-order valence-electron chi connectivity index (χ1n) is 6.32. The number of hydrogen-bond donors (Lipinski definition) is 2. The zero-order valence-electron chi connectivity index (χ0n) is 11.4. The third-order valence-corrected chi connectivity index (χ3v) is 2.87. The number of benzene rings is 2. The molecule has 0 amide bonds. The molecule has 0 saturated carbocycles. The molecule has 0 aromatic heterocycles. The lowest BCUT2D eigenvalue weighted by Crippen LogP contribution is -2.12. The number of ether oxygens (including phenoxy) is 1. The van der Waals surface area contributed by atoms with E-state index in [1.807, 2.05) is 18.2 Å². The molecule has 0 atom stereocenters. The average molecular weight is 300 g/mol. The topological polar surface area (TPSA) is 101 Å². The maximum atomic E-state index is 11.8. The molecule has 2 rings (SSSR count). The second kappa shape index (κ2) is 6.53. The minimum atomic E-state index is -1.47. The predicted molar refractivity (Wildman–Crippen MR) is 77.6 cm³/mol. The molecule has 0 fully saturated rings. The SMILES string of the molecule is O=C(O)CC(=CC(=O)Oc1cccc2ccccc12)C(=O)O. The van der Waals surface area contributed by atoms with E-state index < -0.39 is 29.9 Å². The molecule has 2 aromatic carbocycles. The van der Waals surface area contributed by atoms with Crippen LogP contribution in [0.25, 0.3) is 10.8 Å². The van der Waals surface area contributed by atoms with Gasteiger partial charge in [0.2, 0.25) is 0 Å². The van der Waals surface area contributed by atoms with Crippen LogP contribution in [0, 0.1) is 0 Å². The van der Waals surface area contributed by atoms with E-state index >= 15 is 0 Å². The quantitative estimate of drug-likeness (QED) is 0.499. The fourth-order valence-corrected chi connectivity index (χ4v) is 1.92. The Morgan fingerprint density at radius 3 is 2.36 bits per heavy atom. The summed E-state index contributed by atoms with van der Waals surface area (Å²) in [6.45, 7) is 0. The number of hydrogen-bond acceptors (Lipinski definition) is 4. The van der Waals surface area contributed by atoms with Crippen LogP contribution in [0.3, 0.4) is 0 Å². The summed E-state index contributed by atoms with van der Waals surface area (Å²) in [6.07, 6.45) is -0.0851. The van der Waals surface area contributed by atoms with E-state index in [1.165, 1.54) is 0 Å². The van der Waals surface area contributed by atoms with Gasteiger partial charge in [-0.2, -0.15) is 0 Å². The summed E-state index contributed by atoms with van der Waals surface area (Å²) < 4.78 is 5.12. The molecule has 2 aromatic rings. The van der Waals surface area contributed by atoms with Gasteiger partial charge in [-0.15, -0.1) is 0 Å². The van der Waals surface area contributed by atoms with Gasteiger partial charge in [-0.1, -0.05) is 36.4 Å². The van der Waals surface area contributed by atoms with Crippen LogP contribution in [0.2, 0.25) is 0 Å². The standard InChI is InChI=1S/C16H12O6/c17-14(18)8-11(16(20)21)9-15(19)22-13-7-3-5-10-4-1-2-6-12(10)13/h1-7,9H,8H2,(H,17,18)(H,20,21). The van der Waals surface area contributed by atoms with E-state index in [4.69, 9.17) is 14.9 Å². The largest absolute Gasteiger partial charge is 0.481 e. The van der Waals surface area contributed by atoms with Crippen LogP contribution in [0.4, 0.5) is 0 Å². The summed E-state index contributed by atoms with van der Waals surface area (Å²) in [4.78, 5) is 33.3. The lowest BCUT2D eigenvalue weighted by Gasteiger charge is -2.06. The van der Waals surface area contributed by atoms with Crippen LogP contribution in [-0.4, -0.2) is 28.1 Å². The predicted octanol–water partition coefficient (Wildman–Crippen LogP) is 2.23. The van der Waals surface area contributed by atoms with Crippen LogP contribution >= 0.6 is 0 Å². The van der Waals surface area contributed by atoms with Gasteiger partial charge in [0, 0.05) is 11.5 Å². The lowest BCUT2D eigenvalue weighted by atomic mass is 10.1. The Hall–Kier alpha value is -3.15. The van der Waals surface area contributed by atoms with Crippen molar-refractivity contribution < 1.29 is 29.3 Å². The third-order valence-electron chi connectivity index (χ3n) is 2.87. The Morgan fingerprint density at radius 1 is 1.00 bits per heavy atom. The van der Waals surface area contributed by atoms with Crippen LogP contribution in [-0.2, 0) is 14.4 Å². The summed E-state index contributed by atoms with van der Waals surface area (Å²) in [7, 11) is 0. The minimum Gasteiger partial charge on any atom is -0.481 e. The second-order valence-corrected chi connectivity index (χ2v) is 4.44. The number of carbonyl (C=O) groups is 3. The molecule has 0 aliphatic heterocycles. The maximum absolute atomic E-state index is 11.8. The monoisotopic (exact) mass is 300 g/mol. The first-order valence-corrected chi connectivity index (χ1v) is 6.32. The van der Waals surface area contributed by atoms with Gasteiger partial charge >= 0.3 is 17.9 Å². The number of esters is 1. The van der Waals surface area contributed by atoms with Gasteiger partial charge in [0.1, 0.15) is 5.75 Å². The molecule has 6 heteroatoms. The van der Waals surface area contributed by atoms with Crippen molar-refractivity contribution in [1.82, 2.24) is 0 Å². The van der Waals surface area contributed by atoms with Crippen LogP contribution < -0.4 is 4.74 Å². The first kappa shape index (κ1) is 15.2. The molecular formula is C16H12O6. The molecular weight excluding hydrogens is 288 g/mol. The third kappa shape index (κ3) is 3.69. The van der Waals surface area contributed by atoms with Gasteiger partial charge in [0.25, 0.3) is 0 Å². The van der Waals surface area contributed by atoms with Crippen LogP contribution in [0.15, 0.2) is 54.1 Å². The Balaban J connectivity index is 2.27. The smallest absolute Gasteiger partial charge is 0.336 e. The molecule has 0 spiro atoms. The molecule has 0 heterocycles. The molecule has 6 nitrogen and oxygen atoms in total. The molecule has 112 valence electrons. The highest BCUT2D eigenvalue weighted by Crippen LogP contribution is 2.25. The fraction of sp³-hybridized carbons (Fsp3) is 0.0625. The number of rotatable bonds is 5. The van der Waals surface area contributed by atoms with Crippen molar-refractivity contribution in [2.24, 2.45) is 0 Å². The van der Waals surface area contributed by atoms with Gasteiger partial charge < -0.3 is 14.9 Å². The van der Waals surface area contributed by atoms with Gasteiger partial charge in [-0.05, 0) is 11.5 Å². The van der Waals surface area contributed by atoms with Gasteiger partial charge in [0.15, 0.2) is 0 Å². The summed E-state index contributed by atoms with van der Waals surface area (Å²) >= 11 is 0. The summed E-state index contributed by atoms with van der Waals surface area (Å²) in [5, 5.41) is 19.0. The van der Waals surface area contributed by atoms with Gasteiger partial charge in [0.05, 0.1) is 12.0 Å². The van der Waals surface area contributed by atoms with Gasteiger partial charge in [-0.3, -0.25) is 4.79 Å². The average Bonchev–Trinajstić information content (AvgIpc) is 2.46. The van der Waals surface area contributed by atoms with Crippen molar-refractivity contribution in [1.29, 1.82) is 0 Å². The van der Waals surface area contributed by atoms with E-state index in [0.29, 0.717) is 11.5 Å². The van der Waals surface area contributed by atoms with Crippen LogP contribution in [0.1, 0.15) is 6.42 Å². The van der Waals surface area contributed by atoms with E-state index in [2.05, 4.69) is 0 Å². The van der Waals surface area contributed by atoms with Crippen molar-refractivity contribution in [3.8, 4) is 5.75 Å². The summed E-state index contributed by atoms with van der Waals surface area (Å²) in [5.41, 5.74) is -0.544. The lowest BCUT2D eigenvalue weighted by molar-refractivity contribution is -0.139. The van der Waals surface area contributed by atoms with Crippen molar-refractivity contribution in [3.63, 3.8) is 0 Å². The molecule has 0 saturated heterocycles. The van der Waals surface area contributed by atoms with E-state index in [0.717, 1.165) is 5.39 Å². The highest BCUT2D eigenvalue weighted by atomic mass is 16.5. The normalized spacial score (nSPS) is 11.2. The first-order chi connectivity index (χ1) is 10.5. The van der Waals surface area contributed by atoms with Crippen molar-refractivity contribution in [2.45, 2.75) is 6.42 Å². The van der Waals surface area contributed by atoms with Crippen molar-refractivity contribution >= 4 is 28.7 Å². The Bertz CT molecular complexity index is 770. The molecule has 0 bridgehead atoms.